The minimum atomic E-state index is -2.20. The average molecular weight is 224 g/mol. The minimum Gasteiger partial charge on any atom is -0.768 e. The predicted molar refractivity (Wildman–Crippen MR) is 55.2 cm³/mol. The topological polar surface area (TPSA) is 60.4 Å². The van der Waals surface area contributed by atoms with Gasteiger partial charge >= 0.3 is 0 Å². The number of hydrogen-bond donors (Lipinski definition) is 0. The molecule has 0 spiro atoms. The molecule has 1 amide bonds. The maximum Gasteiger partial charge on any atom is 0.227 e. The van der Waals surface area contributed by atoms with Crippen LogP contribution < -0.4 is 4.90 Å². The van der Waals surface area contributed by atoms with Gasteiger partial charge in [0.2, 0.25) is 5.91 Å². The van der Waals surface area contributed by atoms with Crippen molar-refractivity contribution in [1.82, 2.24) is 0 Å². The van der Waals surface area contributed by atoms with Gasteiger partial charge in [-0.25, -0.2) is 0 Å². The van der Waals surface area contributed by atoms with E-state index in [0.29, 0.717) is 6.42 Å². The van der Waals surface area contributed by atoms with Crippen molar-refractivity contribution in [2.45, 2.75) is 17.7 Å². The van der Waals surface area contributed by atoms with Gasteiger partial charge in [0.05, 0.1) is 0 Å². The van der Waals surface area contributed by atoms with Gasteiger partial charge in [0, 0.05) is 23.5 Å². The molecule has 1 aromatic rings. The third kappa shape index (κ3) is 2.08. The van der Waals surface area contributed by atoms with Crippen molar-refractivity contribution in [2.75, 3.05) is 11.4 Å². The molecule has 15 heavy (non-hydrogen) atoms. The van der Waals surface area contributed by atoms with Crippen LogP contribution in [0.3, 0.4) is 0 Å². The summed E-state index contributed by atoms with van der Waals surface area (Å²) in [5.74, 6) is 0.103. The van der Waals surface area contributed by atoms with Gasteiger partial charge < -0.3 is 9.45 Å². The van der Waals surface area contributed by atoms with Crippen LogP contribution in [0.25, 0.3) is 0 Å². The lowest BCUT2D eigenvalue weighted by Crippen LogP contribution is -2.23. The smallest absolute Gasteiger partial charge is 0.227 e. The molecule has 0 N–H and O–H groups in total. The molecule has 5 heteroatoms. The van der Waals surface area contributed by atoms with Gasteiger partial charge in [-0.3, -0.25) is 9.00 Å². The Morgan fingerprint density at radius 2 is 1.93 bits per heavy atom. The molecule has 1 fully saturated rings. The van der Waals surface area contributed by atoms with Crippen molar-refractivity contribution >= 4 is 22.7 Å². The van der Waals surface area contributed by atoms with Crippen molar-refractivity contribution < 1.29 is 13.6 Å². The van der Waals surface area contributed by atoms with Gasteiger partial charge in [0.1, 0.15) is 0 Å². The summed E-state index contributed by atoms with van der Waals surface area (Å²) in [5.41, 5.74) is 0.770. The van der Waals surface area contributed by atoms with Crippen molar-refractivity contribution in [3.8, 4) is 0 Å². The van der Waals surface area contributed by atoms with Crippen molar-refractivity contribution in [3.63, 3.8) is 0 Å². The number of nitrogens with zero attached hydrogens (tertiary/aromatic N) is 1. The monoisotopic (exact) mass is 224 g/mol. The maximum absolute atomic E-state index is 11.4. The first-order valence-electron chi connectivity index (χ1n) is 4.68. The van der Waals surface area contributed by atoms with Gasteiger partial charge in [-0.15, -0.1) is 0 Å². The highest BCUT2D eigenvalue weighted by atomic mass is 32.2. The lowest BCUT2D eigenvalue weighted by Gasteiger charge is -2.16. The Morgan fingerprint density at radius 1 is 1.27 bits per heavy atom. The maximum atomic E-state index is 11.4. The van der Waals surface area contributed by atoms with Crippen LogP contribution in [-0.2, 0) is 15.9 Å². The van der Waals surface area contributed by atoms with E-state index in [1.165, 1.54) is 12.1 Å². The predicted octanol–water partition coefficient (Wildman–Crippen LogP) is 1.05. The second kappa shape index (κ2) is 4.12. The quantitative estimate of drug-likeness (QED) is 0.705. The van der Waals surface area contributed by atoms with Gasteiger partial charge in [-0.2, -0.15) is 0 Å². The summed E-state index contributed by atoms with van der Waals surface area (Å²) >= 11 is -2.20. The summed E-state index contributed by atoms with van der Waals surface area (Å²) in [7, 11) is 0. The van der Waals surface area contributed by atoms with Crippen LogP contribution in [0.2, 0.25) is 0 Å². The number of amides is 1. The van der Waals surface area contributed by atoms with E-state index in [0.717, 1.165) is 18.7 Å². The molecule has 1 unspecified atom stereocenters. The Kier molecular flexibility index (Phi) is 2.83. The van der Waals surface area contributed by atoms with E-state index in [1.54, 1.807) is 17.0 Å². The van der Waals surface area contributed by atoms with Crippen LogP contribution in [0, 0.1) is 0 Å². The number of carbonyl (C=O) groups is 1. The molecular weight excluding hydrogens is 214 g/mol. The molecule has 0 aromatic heterocycles. The second-order valence-electron chi connectivity index (χ2n) is 3.38. The van der Waals surface area contributed by atoms with E-state index >= 15 is 0 Å². The van der Waals surface area contributed by atoms with Gasteiger partial charge in [-0.1, -0.05) is 0 Å². The van der Waals surface area contributed by atoms with Gasteiger partial charge in [0.15, 0.2) is 0 Å². The fraction of sp³-hybridized carbons (Fsp3) is 0.300. The van der Waals surface area contributed by atoms with Crippen LogP contribution >= 0.6 is 0 Å². The van der Waals surface area contributed by atoms with Gasteiger partial charge in [0.25, 0.3) is 0 Å². The average Bonchev–Trinajstić information content (AvgIpc) is 2.65. The van der Waals surface area contributed by atoms with Crippen LogP contribution in [-0.4, -0.2) is 21.2 Å². The first kappa shape index (κ1) is 10.3. The molecule has 1 saturated heterocycles. The summed E-state index contributed by atoms with van der Waals surface area (Å²) in [6, 6.07) is 6.33. The Morgan fingerprint density at radius 3 is 2.40 bits per heavy atom. The molecule has 80 valence electrons. The number of carbonyl (C=O) groups excluding carboxylic acids is 1. The zero-order valence-electron chi connectivity index (χ0n) is 8.01. The third-order valence-electron chi connectivity index (χ3n) is 2.41. The van der Waals surface area contributed by atoms with Crippen LogP contribution in [0.1, 0.15) is 12.8 Å². The zero-order valence-corrected chi connectivity index (χ0v) is 8.83. The van der Waals surface area contributed by atoms with E-state index in [-0.39, 0.29) is 10.8 Å². The molecule has 0 saturated carbocycles. The molecule has 1 aromatic carbocycles. The molecule has 0 bridgehead atoms. The first-order chi connectivity index (χ1) is 7.18. The molecular formula is C10H10NO3S-. The Bertz CT molecular complexity index is 402. The summed E-state index contributed by atoms with van der Waals surface area (Å²) in [6.45, 7) is 0.721. The SMILES string of the molecule is O=C1CCCN1c1ccc(S(=O)[O-])cc1. The number of rotatable bonds is 2. The molecule has 1 heterocycles. The van der Waals surface area contributed by atoms with Crippen molar-refractivity contribution in [2.24, 2.45) is 0 Å². The highest BCUT2D eigenvalue weighted by Gasteiger charge is 2.21. The molecule has 1 aliphatic heterocycles. The molecule has 4 nitrogen and oxygen atoms in total. The molecule has 1 aliphatic rings. The molecule has 0 aliphatic carbocycles. The van der Waals surface area contributed by atoms with Crippen LogP contribution in [0.15, 0.2) is 29.2 Å². The lowest BCUT2D eigenvalue weighted by molar-refractivity contribution is -0.117. The third-order valence-corrected chi connectivity index (χ3v) is 3.07. The van der Waals surface area contributed by atoms with E-state index in [4.69, 9.17) is 0 Å². The Hall–Kier alpha value is -1.20. The van der Waals surface area contributed by atoms with Gasteiger partial charge in [-0.05, 0) is 41.8 Å². The Balaban J connectivity index is 2.23. The fourth-order valence-electron chi connectivity index (χ4n) is 1.66. The fourth-order valence-corrected chi connectivity index (χ4v) is 2.02. The van der Waals surface area contributed by atoms with E-state index < -0.39 is 11.1 Å². The standard InChI is InChI=1S/C10H11NO3S/c12-10-2-1-7-11(10)8-3-5-9(6-4-8)15(13)14/h3-6H,1-2,7H2,(H,13,14)/p-1. The van der Waals surface area contributed by atoms with Crippen LogP contribution in [0.5, 0.6) is 0 Å². The van der Waals surface area contributed by atoms with Crippen molar-refractivity contribution in [3.05, 3.63) is 24.3 Å². The minimum absolute atomic E-state index is 0.103. The largest absolute Gasteiger partial charge is 0.768 e. The number of benzene rings is 1. The second-order valence-corrected chi connectivity index (χ2v) is 4.32. The van der Waals surface area contributed by atoms with E-state index in [2.05, 4.69) is 0 Å². The van der Waals surface area contributed by atoms with Crippen molar-refractivity contribution in [1.29, 1.82) is 0 Å². The summed E-state index contributed by atoms with van der Waals surface area (Å²) in [4.78, 5) is 13.3. The number of anilines is 1. The summed E-state index contributed by atoms with van der Waals surface area (Å²) in [5, 5.41) is 0. The van der Waals surface area contributed by atoms with Crippen LogP contribution in [0.4, 0.5) is 5.69 Å². The van der Waals surface area contributed by atoms with E-state index in [1.807, 2.05) is 0 Å². The summed E-state index contributed by atoms with van der Waals surface area (Å²) < 4.78 is 21.2. The molecule has 1 atom stereocenters. The molecule has 0 radical (unpaired) electrons. The highest BCUT2D eigenvalue weighted by molar-refractivity contribution is 7.79. The Labute approximate surface area is 90.2 Å². The lowest BCUT2D eigenvalue weighted by atomic mass is 10.3. The highest BCUT2D eigenvalue weighted by Crippen LogP contribution is 2.22. The number of hydrogen-bond acceptors (Lipinski definition) is 3. The first-order valence-corrected chi connectivity index (χ1v) is 5.75. The molecule has 2 rings (SSSR count). The zero-order chi connectivity index (χ0) is 10.8. The summed E-state index contributed by atoms with van der Waals surface area (Å²) in [6.07, 6.45) is 1.45. The van der Waals surface area contributed by atoms with E-state index in [9.17, 15) is 13.6 Å². The normalized spacial score (nSPS) is 18.2.